The molecule has 1 saturated carbocycles. The topological polar surface area (TPSA) is 53.7 Å². The minimum absolute atomic E-state index is 0. The zero-order chi connectivity index (χ0) is 16.2. The highest BCUT2D eigenvalue weighted by molar-refractivity contribution is 14.0. The van der Waals surface area contributed by atoms with Crippen LogP contribution >= 0.6 is 51.7 Å². The number of nitrogens with zero attached hydrogens (tertiary/aromatic N) is 3. The summed E-state index contributed by atoms with van der Waals surface area (Å²) in [6.07, 6.45) is 9.97. The molecule has 0 spiro atoms. The zero-order valence-corrected chi connectivity index (χ0v) is 18.6. The molecule has 1 aliphatic rings. The third-order valence-corrected chi connectivity index (χ3v) is 5.75. The number of hydrogen-bond donors (Lipinski definition) is 2. The van der Waals surface area contributed by atoms with Crippen LogP contribution in [0.1, 0.15) is 25.0 Å². The van der Waals surface area contributed by atoms with Crippen molar-refractivity contribution in [3.8, 4) is 0 Å². The average molecular weight is 524 g/mol. The van der Waals surface area contributed by atoms with Crippen LogP contribution in [0.5, 0.6) is 0 Å². The second-order valence-corrected chi connectivity index (χ2v) is 7.84. The van der Waals surface area contributed by atoms with Crippen molar-refractivity contribution >= 4 is 63.3 Å². The Kier molecular flexibility index (Phi) is 7.67. The van der Waals surface area contributed by atoms with Crippen LogP contribution in [-0.4, -0.2) is 39.9 Å². The molecule has 0 amide bonds. The minimum atomic E-state index is 0. The first-order valence-corrected chi connectivity index (χ1v) is 9.89. The van der Waals surface area contributed by atoms with Crippen LogP contribution in [0.3, 0.4) is 0 Å². The first-order chi connectivity index (χ1) is 11.2. The van der Waals surface area contributed by atoms with E-state index in [4.69, 9.17) is 0 Å². The Balaban J connectivity index is 0.00000208. The molecule has 2 aromatic heterocycles. The minimum Gasteiger partial charge on any atom is -0.354 e. The van der Waals surface area contributed by atoms with Gasteiger partial charge in [0.15, 0.2) is 5.96 Å². The Bertz CT molecular complexity index is 705. The van der Waals surface area contributed by atoms with Crippen LogP contribution in [0.25, 0.3) is 5.65 Å². The summed E-state index contributed by atoms with van der Waals surface area (Å²) in [4.78, 5) is 8.94. The van der Waals surface area contributed by atoms with Gasteiger partial charge in [-0.15, -0.1) is 24.0 Å². The lowest BCUT2D eigenvalue weighted by Crippen LogP contribution is -2.42. The van der Waals surface area contributed by atoms with Gasteiger partial charge in [0.05, 0.1) is 12.2 Å². The molecule has 0 aliphatic heterocycles. The highest BCUT2D eigenvalue weighted by atomic mass is 127. The summed E-state index contributed by atoms with van der Waals surface area (Å²) in [5.74, 6) is 0.856. The molecule has 0 aromatic carbocycles. The summed E-state index contributed by atoms with van der Waals surface area (Å²) in [7, 11) is 1.82. The smallest absolute Gasteiger partial charge is 0.191 e. The molecule has 2 heterocycles. The highest BCUT2D eigenvalue weighted by Gasteiger charge is 2.24. The van der Waals surface area contributed by atoms with Crippen molar-refractivity contribution in [2.45, 2.75) is 37.1 Å². The van der Waals surface area contributed by atoms with Gasteiger partial charge in [0.1, 0.15) is 5.65 Å². The van der Waals surface area contributed by atoms with Gasteiger partial charge in [0.25, 0.3) is 0 Å². The lowest BCUT2D eigenvalue weighted by molar-refractivity contribution is 0.614. The predicted octanol–water partition coefficient (Wildman–Crippen LogP) is 3.66. The maximum atomic E-state index is 4.61. The third-order valence-electron chi connectivity index (χ3n) is 4.18. The molecule has 8 heteroatoms. The van der Waals surface area contributed by atoms with Crippen molar-refractivity contribution in [2.24, 2.45) is 4.99 Å². The summed E-state index contributed by atoms with van der Waals surface area (Å²) in [5, 5.41) is 7.67. The van der Waals surface area contributed by atoms with Crippen molar-refractivity contribution < 1.29 is 0 Å². The molecule has 3 rings (SSSR count). The summed E-state index contributed by atoms with van der Waals surface area (Å²) in [5.41, 5.74) is 1.95. The number of fused-ring (bicyclic) bond motifs is 1. The molecule has 5 nitrogen and oxygen atoms in total. The second kappa shape index (κ2) is 9.28. The Hall–Kier alpha value is -0.480. The SMILES string of the molecule is CN=C(NCc1cn2cc(Br)ccc2n1)NC1CCC(SC)C1.I. The van der Waals surface area contributed by atoms with E-state index in [1.54, 1.807) is 0 Å². The number of imidazole rings is 1. The Labute approximate surface area is 172 Å². The largest absolute Gasteiger partial charge is 0.354 e. The van der Waals surface area contributed by atoms with Crippen molar-refractivity contribution in [3.63, 3.8) is 0 Å². The number of halogens is 2. The van der Waals surface area contributed by atoms with Gasteiger partial charge in [0.2, 0.25) is 0 Å². The summed E-state index contributed by atoms with van der Waals surface area (Å²) < 4.78 is 3.07. The molecule has 2 atom stereocenters. The maximum absolute atomic E-state index is 4.61. The average Bonchev–Trinajstić information content (AvgIpc) is 3.16. The molecule has 2 N–H and O–H groups in total. The molecular formula is C16H23BrIN5S. The molecule has 132 valence electrons. The highest BCUT2D eigenvalue weighted by Crippen LogP contribution is 2.28. The van der Waals surface area contributed by atoms with E-state index >= 15 is 0 Å². The van der Waals surface area contributed by atoms with Crippen LogP contribution in [0, 0.1) is 0 Å². The maximum Gasteiger partial charge on any atom is 0.191 e. The molecule has 1 fully saturated rings. The van der Waals surface area contributed by atoms with E-state index in [1.165, 1.54) is 19.3 Å². The Morgan fingerprint density at radius 1 is 1.42 bits per heavy atom. The van der Waals surface area contributed by atoms with Gasteiger partial charge in [-0.3, -0.25) is 4.99 Å². The molecule has 1 aliphatic carbocycles. The molecule has 0 saturated heterocycles. The fourth-order valence-corrected chi connectivity index (χ4v) is 4.10. The molecular weight excluding hydrogens is 501 g/mol. The van der Waals surface area contributed by atoms with Gasteiger partial charge in [-0.1, -0.05) is 0 Å². The Morgan fingerprint density at radius 3 is 2.96 bits per heavy atom. The van der Waals surface area contributed by atoms with Crippen LogP contribution in [0.15, 0.2) is 34.0 Å². The van der Waals surface area contributed by atoms with E-state index in [1.807, 2.05) is 47.7 Å². The second-order valence-electron chi connectivity index (χ2n) is 5.78. The predicted molar refractivity (Wildman–Crippen MR) is 117 cm³/mol. The summed E-state index contributed by atoms with van der Waals surface area (Å²) in [6.45, 7) is 0.664. The standard InChI is InChI=1S/C16H22BrN5S.HI/c1-18-16(21-12-4-5-14(7-12)23-2)19-8-13-10-22-9-11(17)3-6-15(22)20-13;/h3,6,9-10,12,14H,4-5,7-8H2,1-2H3,(H2,18,19,21);1H. The number of pyridine rings is 1. The lowest BCUT2D eigenvalue weighted by Gasteiger charge is -2.16. The fraction of sp³-hybridized carbons (Fsp3) is 0.500. The van der Waals surface area contributed by atoms with Gasteiger partial charge in [0, 0.05) is 35.2 Å². The molecule has 2 aromatic rings. The molecule has 24 heavy (non-hydrogen) atoms. The van der Waals surface area contributed by atoms with E-state index < -0.39 is 0 Å². The first-order valence-electron chi connectivity index (χ1n) is 7.81. The number of aliphatic imine (C=N–C) groups is 1. The molecule has 0 radical (unpaired) electrons. The fourth-order valence-electron chi connectivity index (χ4n) is 2.95. The molecule has 0 bridgehead atoms. The summed E-state index contributed by atoms with van der Waals surface area (Å²) in [6, 6.07) is 4.53. The van der Waals surface area contributed by atoms with Gasteiger partial charge in [-0.05, 0) is 53.6 Å². The number of hydrogen-bond acceptors (Lipinski definition) is 3. The van der Waals surface area contributed by atoms with Gasteiger partial charge < -0.3 is 15.0 Å². The molecule has 2 unspecified atom stereocenters. The van der Waals surface area contributed by atoms with Gasteiger partial charge in [-0.2, -0.15) is 11.8 Å². The third kappa shape index (κ3) is 5.01. The number of aromatic nitrogens is 2. The van der Waals surface area contributed by atoms with E-state index in [2.05, 4.69) is 42.8 Å². The van der Waals surface area contributed by atoms with Crippen molar-refractivity contribution in [3.05, 3.63) is 34.7 Å². The van der Waals surface area contributed by atoms with Crippen LogP contribution in [0.2, 0.25) is 0 Å². The normalized spacial score (nSPS) is 20.9. The van der Waals surface area contributed by atoms with Crippen molar-refractivity contribution in [1.29, 1.82) is 0 Å². The Morgan fingerprint density at radius 2 is 2.25 bits per heavy atom. The van der Waals surface area contributed by atoms with Crippen molar-refractivity contribution in [2.75, 3.05) is 13.3 Å². The van der Waals surface area contributed by atoms with E-state index in [0.717, 1.165) is 27.0 Å². The van der Waals surface area contributed by atoms with Crippen LogP contribution in [-0.2, 0) is 6.54 Å². The van der Waals surface area contributed by atoms with Crippen LogP contribution in [0.4, 0.5) is 0 Å². The van der Waals surface area contributed by atoms with Crippen molar-refractivity contribution in [1.82, 2.24) is 20.0 Å². The van der Waals surface area contributed by atoms with Gasteiger partial charge in [-0.25, -0.2) is 4.98 Å². The quantitative estimate of drug-likeness (QED) is 0.365. The number of guanidine groups is 1. The van der Waals surface area contributed by atoms with E-state index in [9.17, 15) is 0 Å². The monoisotopic (exact) mass is 523 g/mol. The van der Waals surface area contributed by atoms with Crippen LogP contribution < -0.4 is 10.6 Å². The van der Waals surface area contributed by atoms with E-state index in [0.29, 0.717) is 12.6 Å². The van der Waals surface area contributed by atoms with E-state index in [-0.39, 0.29) is 24.0 Å². The zero-order valence-electron chi connectivity index (χ0n) is 13.8. The number of thioether (sulfide) groups is 1. The summed E-state index contributed by atoms with van der Waals surface area (Å²) >= 11 is 5.45. The first kappa shape index (κ1) is 19.8. The van der Waals surface area contributed by atoms with Gasteiger partial charge >= 0.3 is 0 Å². The number of rotatable bonds is 4. The lowest BCUT2D eigenvalue weighted by atomic mass is 10.2. The number of nitrogens with one attached hydrogen (secondary N) is 2.